The maximum Gasteiger partial charge on any atom is 0.415 e. The molecule has 3 nitrogen and oxygen atoms in total. The van der Waals surface area contributed by atoms with Gasteiger partial charge in [0, 0.05) is 13.1 Å². The Morgan fingerprint density at radius 2 is 1.62 bits per heavy atom. The van der Waals surface area contributed by atoms with Gasteiger partial charge in [0.05, 0.1) is 6.10 Å². The van der Waals surface area contributed by atoms with Crippen molar-refractivity contribution in [2.75, 3.05) is 13.1 Å². The lowest BCUT2D eigenvalue weighted by atomic mass is 10.0. The van der Waals surface area contributed by atoms with Crippen LogP contribution in [0, 0.1) is 0 Å². The lowest BCUT2D eigenvalue weighted by Crippen LogP contribution is -2.39. The molecule has 21 heavy (non-hydrogen) atoms. The number of rotatable bonds is 5. The molecule has 0 aliphatic rings. The highest BCUT2D eigenvalue weighted by molar-refractivity contribution is 5.83. The van der Waals surface area contributed by atoms with Crippen molar-refractivity contribution in [2.24, 2.45) is 0 Å². The van der Waals surface area contributed by atoms with E-state index in [4.69, 9.17) is 5.11 Å². The minimum atomic E-state index is -4.65. The molecule has 3 N–H and O–H groups in total. The molecule has 0 fully saturated rings. The van der Waals surface area contributed by atoms with Crippen LogP contribution in [0.4, 0.5) is 13.2 Å². The number of benzene rings is 2. The molecule has 0 aromatic heterocycles. The summed E-state index contributed by atoms with van der Waals surface area (Å²) in [5.41, 5.74) is 0.614. The van der Waals surface area contributed by atoms with Gasteiger partial charge in [-0.05, 0) is 22.4 Å². The van der Waals surface area contributed by atoms with Crippen LogP contribution in [0.25, 0.3) is 10.8 Å². The standard InChI is InChI=1S/C15H16F3NO2/c16-15(17,18)14(21)9-19-8-13(20)12-6-5-10-3-1-2-4-11(10)7-12/h1-7,13-14,19-21H,8-9H2. The largest absolute Gasteiger partial charge is 0.415 e. The van der Waals surface area contributed by atoms with E-state index in [0.29, 0.717) is 5.56 Å². The monoisotopic (exact) mass is 299 g/mol. The second-order valence-electron chi connectivity index (χ2n) is 4.84. The quantitative estimate of drug-likeness (QED) is 0.794. The molecular formula is C15H16F3NO2. The molecule has 6 heteroatoms. The predicted octanol–water partition coefficient (Wildman–Crippen LogP) is 2.39. The van der Waals surface area contributed by atoms with Gasteiger partial charge in [-0.25, -0.2) is 0 Å². The van der Waals surface area contributed by atoms with Gasteiger partial charge in [-0.1, -0.05) is 36.4 Å². The zero-order valence-electron chi connectivity index (χ0n) is 11.1. The van der Waals surface area contributed by atoms with Gasteiger partial charge < -0.3 is 15.5 Å². The summed E-state index contributed by atoms with van der Waals surface area (Å²) in [5.74, 6) is 0. The zero-order valence-corrected chi connectivity index (χ0v) is 11.1. The van der Waals surface area contributed by atoms with Crippen molar-refractivity contribution in [1.29, 1.82) is 0 Å². The normalized spacial score (nSPS) is 15.1. The van der Waals surface area contributed by atoms with Gasteiger partial charge >= 0.3 is 6.18 Å². The lowest BCUT2D eigenvalue weighted by Gasteiger charge is -2.17. The summed E-state index contributed by atoms with van der Waals surface area (Å²) in [4.78, 5) is 0. The number of alkyl halides is 3. The molecule has 0 heterocycles. The fourth-order valence-corrected chi connectivity index (χ4v) is 2.01. The Balaban J connectivity index is 1.94. The third-order valence-electron chi connectivity index (χ3n) is 3.21. The molecule has 2 rings (SSSR count). The van der Waals surface area contributed by atoms with E-state index in [1.165, 1.54) is 0 Å². The number of hydrogen-bond donors (Lipinski definition) is 3. The number of aliphatic hydroxyl groups is 2. The van der Waals surface area contributed by atoms with E-state index in [1.54, 1.807) is 12.1 Å². The van der Waals surface area contributed by atoms with E-state index in [1.807, 2.05) is 30.3 Å². The van der Waals surface area contributed by atoms with Gasteiger partial charge in [-0.15, -0.1) is 0 Å². The molecule has 0 saturated heterocycles. The number of aliphatic hydroxyl groups excluding tert-OH is 2. The highest BCUT2D eigenvalue weighted by Crippen LogP contribution is 2.21. The van der Waals surface area contributed by atoms with E-state index < -0.39 is 24.9 Å². The predicted molar refractivity (Wildman–Crippen MR) is 73.8 cm³/mol. The number of nitrogens with one attached hydrogen (secondary N) is 1. The molecule has 2 aromatic rings. The van der Waals surface area contributed by atoms with Crippen LogP contribution in [-0.4, -0.2) is 35.6 Å². The number of hydrogen-bond acceptors (Lipinski definition) is 3. The molecule has 0 spiro atoms. The summed E-state index contributed by atoms with van der Waals surface area (Å²) < 4.78 is 36.4. The SMILES string of the molecule is OC(CNCC(O)C(F)(F)F)c1ccc2ccccc2c1. The highest BCUT2D eigenvalue weighted by atomic mass is 19.4. The van der Waals surface area contributed by atoms with Gasteiger partial charge in [-0.2, -0.15) is 13.2 Å². The van der Waals surface area contributed by atoms with Crippen LogP contribution in [0.3, 0.4) is 0 Å². The Bertz CT molecular complexity index is 601. The van der Waals surface area contributed by atoms with Crippen molar-refractivity contribution in [3.8, 4) is 0 Å². The third-order valence-corrected chi connectivity index (χ3v) is 3.21. The van der Waals surface area contributed by atoms with Crippen LogP contribution in [0.15, 0.2) is 42.5 Å². The summed E-state index contributed by atoms with van der Waals surface area (Å²) in [6.45, 7) is -0.709. The Hall–Kier alpha value is -1.63. The van der Waals surface area contributed by atoms with Crippen LogP contribution < -0.4 is 5.32 Å². The van der Waals surface area contributed by atoms with Crippen LogP contribution in [0.1, 0.15) is 11.7 Å². The average molecular weight is 299 g/mol. The molecule has 2 unspecified atom stereocenters. The molecule has 0 radical (unpaired) electrons. The summed E-state index contributed by atoms with van der Waals surface area (Å²) >= 11 is 0. The fraction of sp³-hybridized carbons (Fsp3) is 0.333. The van der Waals surface area contributed by atoms with E-state index in [-0.39, 0.29) is 6.54 Å². The van der Waals surface area contributed by atoms with E-state index in [9.17, 15) is 18.3 Å². The molecule has 114 valence electrons. The molecule has 0 aliphatic heterocycles. The van der Waals surface area contributed by atoms with Crippen molar-refractivity contribution in [2.45, 2.75) is 18.4 Å². The Kier molecular flexibility index (Phi) is 4.82. The van der Waals surface area contributed by atoms with Gasteiger partial charge in [-0.3, -0.25) is 0 Å². The van der Waals surface area contributed by atoms with E-state index in [0.717, 1.165) is 10.8 Å². The topological polar surface area (TPSA) is 52.5 Å². The molecule has 2 atom stereocenters. The van der Waals surface area contributed by atoms with Crippen LogP contribution in [0.5, 0.6) is 0 Å². The van der Waals surface area contributed by atoms with Crippen molar-refractivity contribution in [1.82, 2.24) is 5.32 Å². The summed E-state index contributed by atoms with van der Waals surface area (Å²) in [6.07, 6.45) is -8.02. The van der Waals surface area contributed by atoms with Crippen molar-refractivity contribution in [3.63, 3.8) is 0 Å². The second kappa shape index (κ2) is 6.43. The van der Waals surface area contributed by atoms with Crippen molar-refractivity contribution >= 4 is 10.8 Å². The van der Waals surface area contributed by atoms with Crippen molar-refractivity contribution < 1.29 is 23.4 Å². The van der Waals surface area contributed by atoms with Crippen molar-refractivity contribution in [3.05, 3.63) is 48.0 Å². The first-order valence-corrected chi connectivity index (χ1v) is 6.50. The first-order chi connectivity index (χ1) is 9.88. The third kappa shape index (κ3) is 4.17. The highest BCUT2D eigenvalue weighted by Gasteiger charge is 2.37. The lowest BCUT2D eigenvalue weighted by molar-refractivity contribution is -0.202. The second-order valence-corrected chi connectivity index (χ2v) is 4.84. The number of fused-ring (bicyclic) bond motifs is 1. The first kappa shape index (κ1) is 15.8. The molecule has 0 amide bonds. The Labute approximate surface area is 120 Å². The summed E-state index contributed by atoms with van der Waals surface area (Å²) in [6, 6.07) is 13.0. The zero-order chi connectivity index (χ0) is 15.5. The molecule has 2 aromatic carbocycles. The van der Waals surface area contributed by atoms with Gasteiger partial charge in [0.1, 0.15) is 0 Å². The Morgan fingerprint density at radius 1 is 0.952 bits per heavy atom. The van der Waals surface area contributed by atoms with Gasteiger partial charge in [0.25, 0.3) is 0 Å². The fourth-order valence-electron chi connectivity index (χ4n) is 2.01. The molecular weight excluding hydrogens is 283 g/mol. The average Bonchev–Trinajstić information content (AvgIpc) is 2.45. The van der Waals surface area contributed by atoms with Crippen LogP contribution in [-0.2, 0) is 0 Å². The van der Waals surface area contributed by atoms with E-state index in [2.05, 4.69) is 5.32 Å². The summed E-state index contributed by atoms with van der Waals surface area (Å²) in [7, 11) is 0. The van der Waals surface area contributed by atoms with Gasteiger partial charge in [0.2, 0.25) is 0 Å². The first-order valence-electron chi connectivity index (χ1n) is 6.50. The Morgan fingerprint density at radius 3 is 2.29 bits per heavy atom. The van der Waals surface area contributed by atoms with Crippen LogP contribution >= 0.6 is 0 Å². The van der Waals surface area contributed by atoms with Gasteiger partial charge in [0.15, 0.2) is 6.10 Å². The van der Waals surface area contributed by atoms with Crippen LogP contribution in [0.2, 0.25) is 0 Å². The maximum atomic E-state index is 12.1. The van der Waals surface area contributed by atoms with E-state index >= 15 is 0 Å². The molecule has 0 aliphatic carbocycles. The smallest absolute Gasteiger partial charge is 0.387 e. The molecule has 0 saturated carbocycles. The number of halogens is 3. The maximum absolute atomic E-state index is 12.1. The summed E-state index contributed by atoms with van der Waals surface area (Å²) in [5, 5.41) is 23.2. The minimum absolute atomic E-state index is 0.0640. The minimum Gasteiger partial charge on any atom is -0.387 e. The molecule has 0 bridgehead atoms.